The third kappa shape index (κ3) is 1.82. The molecule has 4 heteroatoms. The molecule has 0 bridgehead atoms. The highest BCUT2D eigenvalue weighted by atomic mass is 16.6. The molecule has 2 N–H and O–H groups in total. The minimum Gasteiger partial charge on any atom is -0.366 e. The van der Waals surface area contributed by atoms with Gasteiger partial charge in [0.25, 0.3) is 0 Å². The first-order valence-corrected chi connectivity index (χ1v) is 5.45. The van der Waals surface area contributed by atoms with E-state index in [9.17, 15) is 4.79 Å². The Balaban J connectivity index is 1.98. The maximum absolute atomic E-state index is 12.0. The lowest BCUT2D eigenvalue weighted by Crippen LogP contribution is -2.50. The lowest BCUT2D eigenvalue weighted by atomic mass is 9.79. The van der Waals surface area contributed by atoms with E-state index in [0.29, 0.717) is 0 Å². The van der Waals surface area contributed by atoms with Crippen LogP contribution in [0.1, 0.15) is 33.1 Å². The Labute approximate surface area is 90.1 Å². The van der Waals surface area contributed by atoms with Crippen molar-refractivity contribution in [1.29, 1.82) is 0 Å². The van der Waals surface area contributed by atoms with Crippen LogP contribution < -0.4 is 5.73 Å². The average Bonchev–Trinajstić information content (AvgIpc) is 2.87. The molecular formula is C11H19NO3. The van der Waals surface area contributed by atoms with E-state index in [1.54, 1.807) is 6.92 Å². The third-order valence-corrected chi connectivity index (χ3v) is 3.81. The zero-order valence-corrected chi connectivity index (χ0v) is 9.58. The number of Topliss-reactive ketones (excluding diaryl/α,β-unsaturated/α-hetero) is 1. The zero-order valence-electron chi connectivity index (χ0n) is 9.58. The second-order valence-corrected chi connectivity index (χ2v) is 5.07. The highest BCUT2D eigenvalue weighted by Gasteiger charge is 2.57. The normalized spacial score (nSPS) is 42.9. The minimum absolute atomic E-state index is 0.000486. The van der Waals surface area contributed by atoms with Gasteiger partial charge in [0.2, 0.25) is 0 Å². The molecule has 0 radical (unpaired) electrons. The number of hydrogen-bond acceptors (Lipinski definition) is 4. The summed E-state index contributed by atoms with van der Waals surface area (Å²) >= 11 is 0. The van der Waals surface area contributed by atoms with Crippen LogP contribution >= 0.6 is 0 Å². The van der Waals surface area contributed by atoms with Crippen molar-refractivity contribution < 1.29 is 14.3 Å². The number of nitrogens with two attached hydrogens (primary N) is 1. The summed E-state index contributed by atoms with van der Waals surface area (Å²) in [5.41, 5.74) is 4.67. The quantitative estimate of drug-likeness (QED) is 0.557. The molecule has 4 unspecified atom stereocenters. The Bertz CT molecular complexity index is 290. The fourth-order valence-corrected chi connectivity index (χ4v) is 2.39. The van der Waals surface area contributed by atoms with E-state index in [1.165, 1.54) is 7.11 Å². The molecule has 15 heavy (non-hydrogen) atoms. The SMILES string of the molecule is COC(C)(N)C(=O)C1CCC2(C)OC2C1. The number of epoxide rings is 1. The number of methoxy groups -OCH3 is 1. The summed E-state index contributed by atoms with van der Waals surface area (Å²) in [7, 11) is 1.47. The highest BCUT2D eigenvalue weighted by Crippen LogP contribution is 2.49. The molecule has 0 amide bonds. The van der Waals surface area contributed by atoms with E-state index in [-0.39, 0.29) is 23.4 Å². The summed E-state index contributed by atoms with van der Waals surface area (Å²) in [5.74, 6) is 0.00285. The van der Waals surface area contributed by atoms with Gasteiger partial charge < -0.3 is 9.47 Å². The molecule has 1 saturated carbocycles. The van der Waals surface area contributed by atoms with Gasteiger partial charge in [-0.1, -0.05) is 0 Å². The van der Waals surface area contributed by atoms with Crippen molar-refractivity contribution in [2.24, 2.45) is 11.7 Å². The van der Waals surface area contributed by atoms with Gasteiger partial charge in [-0.05, 0) is 33.1 Å². The Hall–Kier alpha value is -0.450. The van der Waals surface area contributed by atoms with Crippen molar-refractivity contribution in [3.05, 3.63) is 0 Å². The molecule has 4 atom stereocenters. The summed E-state index contributed by atoms with van der Waals surface area (Å²) in [5, 5.41) is 0. The van der Waals surface area contributed by atoms with E-state index in [4.69, 9.17) is 15.2 Å². The smallest absolute Gasteiger partial charge is 0.182 e. The van der Waals surface area contributed by atoms with Gasteiger partial charge in [-0.25, -0.2) is 0 Å². The van der Waals surface area contributed by atoms with Crippen molar-refractivity contribution in [2.45, 2.75) is 50.5 Å². The fraction of sp³-hybridized carbons (Fsp3) is 0.909. The molecule has 2 aliphatic rings. The van der Waals surface area contributed by atoms with Crippen LogP contribution in [0.3, 0.4) is 0 Å². The number of carbonyl (C=O) groups excluding carboxylic acids is 1. The van der Waals surface area contributed by atoms with Crippen molar-refractivity contribution in [1.82, 2.24) is 0 Å². The standard InChI is InChI=1S/C11H19NO3/c1-10-5-4-7(6-8(10)15-10)9(13)11(2,12)14-3/h7-8H,4-6,12H2,1-3H3. The first-order valence-electron chi connectivity index (χ1n) is 5.45. The molecule has 1 aliphatic carbocycles. The van der Waals surface area contributed by atoms with Crippen LogP contribution in [-0.4, -0.2) is 30.3 Å². The number of ketones is 1. The zero-order chi connectivity index (χ0) is 11.3. The monoisotopic (exact) mass is 213 g/mol. The Morgan fingerprint density at radius 1 is 1.67 bits per heavy atom. The molecule has 0 spiro atoms. The summed E-state index contributed by atoms with van der Waals surface area (Å²) in [6.45, 7) is 3.73. The summed E-state index contributed by atoms with van der Waals surface area (Å²) < 4.78 is 10.6. The van der Waals surface area contributed by atoms with E-state index < -0.39 is 5.72 Å². The minimum atomic E-state index is -1.15. The molecule has 2 fully saturated rings. The van der Waals surface area contributed by atoms with Gasteiger partial charge in [-0.2, -0.15) is 0 Å². The van der Waals surface area contributed by atoms with Crippen LogP contribution in [-0.2, 0) is 14.3 Å². The van der Waals surface area contributed by atoms with Gasteiger partial charge in [0.15, 0.2) is 11.5 Å². The second-order valence-electron chi connectivity index (χ2n) is 5.07. The molecule has 86 valence electrons. The second kappa shape index (κ2) is 3.27. The van der Waals surface area contributed by atoms with Gasteiger partial charge in [-0.3, -0.25) is 10.5 Å². The van der Waals surface area contributed by atoms with Crippen molar-refractivity contribution in [3.63, 3.8) is 0 Å². The Morgan fingerprint density at radius 3 is 2.87 bits per heavy atom. The Kier molecular flexibility index (Phi) is 2.41. The molecule has 1 heterocycles. The van der Waals surface area contributed by atoms with Crippen molar-refractivity contribution >= 4 is 5.78 Å². The average molecular weight is 213 g/mol. The molecule has 1 saturated heterocycles. The Morgan fingerprint density at radius 2 is 2.33 bits per heavy atom. The molecule has 0 aromatic rings. The van der Waals surface area contributed by atoms with Gasteiger partial charge in [0, 0.05) is 13.0 Å². The number of ether oxygens (including phenoxy) is 2. The molecule has 4 nitrogen and oxygen atoms in total. The van der Waals surface area contributed by atoms with Crippen LogP contribution in [0.2, 0.25) is 0 Å². The molecule has 0 aromatic heterocycles. The fourth-order valence-electron chi connectivity index (χ4n) is 2.39. The van der Waals surface area contributed by atoms with E-state index >= 15 is 0 Å². The molecule has 1 aliphatic heterocycles. The number of rotatable bonds is 3. The summed E-state index contributed by atoms with van der Waals surface area (Å²) in [4.78, 5) is 12.0. The predicted molar refractivity (Wildman–Crippen MR) is 55.2 cm³/mol. The van der Waals surface area contributed by atoms with Crippen LogP contribution in [0.4, 0.5) is 0 Å². The van der Waals surface area contributed by atoms with Gasteiger partial charge in [0.05, 0.1) is 11.7 Å². The summed E-state index contributed by atoms with van der Waals surface area (Å²) in [6, 6.07) is 0. The van der Waals surface area contributed by atoms with Crippen LogP contribution in [0.5, 0.6) is 0 Å². The molecule has 0 aromatic carbocycles. The summed E-state index contributed by atoms with van der Waals surface area (Å²) in [6.07, 6.45) is 2.87. The van der Waals surface area contributed by atoms with Crippen molar-refractivity contribution in [3.8, 4) is 0 Å². The first kappa shape index (κ1) is 11.0. The van der Waals surface area contributed by atoms with E-state index in [2.05, 4.69) is 6.92 Å². The van der Waals surface area contributed by atoms with Gasteiger partial charge >= 0.3 is 0 Å². The first-order chi connectivity index (χ1) is 6.89. The topological polar surface area (TPSA) is 64.8 Å². The lowest BCUT2D eigenvalue weighted by Gasteiger charge is -2.29. The van der Waals surface area contributed by atoms with Crippen LogP contribution in [0, 0.1) is 5.92 Å². The predicted octanol–water partition coefficient (Wildman–Crippen LogP) is 0.834. The van der Waals surface area contributed by atoms with E-state index in [0.717, 1.165) is 19.3 Å². The van der Waals surface area contributed by atoms with Crippen molar-refractivity contribution in [2.75, 3.05) is 7.11 Å². The number of carbonyl (C=O) groups is 1. The third-order valence-electron chi connectivity index (χ3n) is 3.81. The maximum Gasteiger partial charge on any atom is 0.182 e. The van der Waals surface area contributed by atoms with Gasteiger partial charge in [0.1, 0.15) is 0 Å². The number of hydrogen-bond donors (Lipinski definition) is 1. The molecular weight excluding hydrogens is 194 g/mol. The largest absolute Gasteiger partial charge is 0.366 e. The molecule has 2 rings (SSSR count). The lowest BCUT2D eigenvalue weighted by molar-refractivity contribution is -0.143. The van der Waals surface area contributed by atoms with E-state index in [1.807, 2.05) is 0 Å². The maximum atomic E-state index is 12.0. The highest BCUT2D eigenvalue weighted by molar-refractivity contribution is 5.88. The van der Waals surface area contributed by atoms with Gasteiger partial charge in [-0.15, -0.1) is 0 Å². The van der Waals surface area contributed by atoms with Crippen LogP contribution in [0.15, 0.2) is 0 Å². The van der Waals surface area contributed by atoms with Crippen LogP contribution in [0.25, 0.3) is 0 Å². The number of fused-ring (bicyclic) bond motifs is 1.